The molecule has 0 amide bonds. The predicted molar refractivity (Wildman–Crippen MR) is 71.8 cm³/mol. The van der Waals surface area contributed by atoms with Gasteiger partial charge in [0.2, 0.25) is 0 Å². The third-order valence-electron chi connectivity index (χ3n) is 2.57. The van der Waals surface area contributed by atoms with Crippen molar-refractivity contribution < 1.29 is 13.9 Å². The summed E-state index contributed by atoms with van der Waals surface area (Å²) in [5, 5.41) is 3.09. The second-order valence-electron chi connectivity index (χ2n) is 4.55. The van der Waals surface area contributed by atoms with E-state index < -0.39 is 5.79 Å². The summed E-state index contributed by atoms with van der Waals surface area (Å²) in [6.07, 6.45) is 1.83. The van der Waals surface area contributed by atoms with Crippen LogP contribution in [0.25, 0.3) is 0 Å². The van der Waals surface area contributed by atoms with Gasteiger partial charge in [0.25, 0.3) is 0 Å². The number of ether oxygens (including phenoxy) is 2. The standard InChI is InChI=1S/C13H15BrFNO2/c1-13(2)17-7-9(8-18-13)6-16-10-3-4-12(15)11(14)5-10/h3-6,16H,7-8H2,1-2H3. The van der Waals surface area contributed by atoms with Gasteiger partial charge in [0.15, 0.2) is 5.79 Å². The summed E-state index contributed by atoms with van der Waals surface area (Å²) in [5.41, 5.74) is 1.82. The molecular formula is C13H15BrFNO2. The van der Waals surface area contributed by atoms with E-state index in [4.69, 9.17) is 9.47 Å². The molecule has 1 aliphatic heterocycles. The highest BCUT2D eigenvalue weighted by atomic mass is 79.9. The SMILES string of the molecule is CC1(C)OCC(=CNc2ccc(F)c(Br)c2)CO1. The summed E-state index contributed by atoms with van der Waals surface area (Å²) in [6, 6.07) is 4.76. The molecule has 1 heterocycles. The highest BCUT2D eigenvalue weighted by Gasteiger charge is 2.24. The Bertz CT molecular complexity index is 462. The molecule has 1 saturated heterocycles. The highest BCUT2D eigenvalue weighted by Crippen LogP contribution is 2.22. The predicted octanol–water partition coefficient (Wildman–Crippen LogP) is 3.67. The lowest BCUT2D eigenvalue weighted by Gasteiger charge is -2.31. The minimum atomic E-state index is -0.518. The van der Waals surface area contributed by atoms with Crippen molar-refractivity contribution in [1.29, 1.82) is 0 Å². The molecule has 0 unspecified atom stereocenters. The Morgan fingerprint density at radius 3 is 2.61 bits per heavy atom. The second kappa shape index (κ2) is 5.38. The molecule has 0 aliphatic carbocycles. The van der Waals surface area contributed by atoms with Crippen LogP contribution in [0.15, 0.2) is 34.4 Å². The van der Waals surface area contributed by atoms with Crippen molar-refractivity contribution >= 4 is 21.6 Å². The minimum absolute atomic E-state index is 0.278. The molecule has 0 spiro atoms. The molecule has 5 heteroatoms. The van der Waals surface area contributed by atoms with Crippen LogP contribution in [0, 0.1) is 5.82 Å². The van der Waals surface area contributed by atoms with E-state index in [0.717, 1.165) is 11.3 Å². The third-order valence-corrected chi connectivity index (χ3v) is 3.18. The fraction of sp³-hybridized carbons (Fsp3) is 0.385. The summed E-state index contributed by atoms with van der Waals surface area (Å²) in [7, 11) is 0. The molecule has 3 nitrogen and oxygen atoms in total. The van der Waals surface area contributed by atoms with Gasteiger partial charge < -0.3 is 14.8 Å². The van der Waals surface area contributed by atoms with E-state index in [1.54, 1.807) is 12.1 Å². The van der Waals surface area contributed by atoms with Gasteiger partial charge in [-0.2, -0.15) is 0 Å². The summed E-state index contributed by atoms with van der Waals surface area (Å²) >= 11 is 3.14. The molecule has 18 heavy (non-hydrogen) atoms. The summed E-state index contributed by atoms with van der Waals surface area (Å²) in [6.45, 7) is 4.83. The van der Waals surface area contributed by atoms with Crippen LogP contribution >= 0.6 is 15.9 Å². The van der Waals surface area contributed by atoms with Crippen LogP contribution in [-0.4, -0.2) is 19.0 Å². The van der Waals surface area contributed by atoms with Crippen LogP contribution < -0.4 is 5.32 Å². The van der Waals surface area contributed by atoms with Crippen molar-refractivity contribution in [1.82, 2.24) is 0 Å². The molecule has 1 aromatic carbocycles. The quantitative estimate of drug-likeness (QED) is 0.903. The average Bonchev–Trinajstić information content (AvgIpc) is 2.32. The largest absolute Gasteiger partial charge is 0.362 e. The molecule has 1 aliphatic rings. The molecule has 2 rings (SSSR count). The number of hydrogen-bond acceptors (Lipinski definition) is 3. The Morgan fingerprint density at radius 1 is 1.33 bits per heavy atom. The van der Waals surface area contributed by atoms with Crippen LogP contribution in [0.5, 0.6) is 0 Å². The van der Waals surface area contributed by atoms with Crippen LogP contribution in [0.2, 0.25) is 0 Å². The molecule has 0 bridgehead atoms. The van der Waals surface area contributed by atoms with E-state index in [9.17, 15) is 4.39 Å². The molecule has 98 valence electrons. The lowest BCUT2D eigenvalue weighted by Crippen LogP contribution is -2.35. The third kappa shape index (κ3) is 3.54. The molecule has 1 aromatic rings. The Balaban J connectivity index is 1.97. The van der Waals surface area contributed by atoms with E-state index in [-0.39, 0.29) is 5.82 Å². The number of anilines is 1. The van der Waals surface area contributed by atoms with Gasteiger partial charge in [0, 0.05) is 11.9 Å². The smallest absolute Gasteiger partial charge is 0.163 e. The number of hydrogen-bond donors (Lipinski definition) is 1. The molecule has 0 saturated carbocycles. The van der Waals surface area contributed by atoms with Gasteiger partial charge in [0.05, 0.1) is 17.7 Å². The molecule has 1 N–H and O–H groups in total. The van der Waals surface area contributed by atoms with Gasteiger partial charge in [0.1, 0.15) is 5.82 Å². The zero-order valence-electron chi connectivity index (χ0n) is 10.3. The Kier molecular flexibility index (Phi) is 4.04. The monoisotopic (exact) mass is 315 g/mol. The molecular weight excluding hydrogens is 301 g/mol. The van der Waals surface area contributed by atoms with Crippen molar-refractivity contribution in [2.75, 3.05) is 18.5 Å². The van der Waals surface area contributed by atoms with Crippen molar-refractivity contribution in [2.24, 2.45) is 0 Å². The van der Waals surface area contributed by atoms with Gasteiger partial charge in [-0.1, -0.05) is 0 Å². The van der Waals surface area contributed by atoms with Crippen molar-refractivity contribution in [2.45, 2.75) is 19.6 Å². The average molecular weight is 316 g/mol. The van der Waals surface area contributed by atoms with Crippen LogP contribution in [0.1, 0.15) is 13.8 Å². The Labute approximate surface area is 114 Å². The highest BCUT2D eigenvalue weighted by molar-refractivity contribution is 9.10. The zero-order chi connectivity index (χ0) is 13.2. The fourth-order valence-corrected chi connectivity index (χ4v) is 1.85. The summed E-state index contributed by atoms with van der Waals surface area (Å²) in [5.74, 6) is -0.796. The van der Waals surface area contributed by atoms with Crippen LogP contribution in [0.3, 0.4) is 0 Å². The van der Waals surface area contributed by atoms with Crippen LogP contribution in [0.4, 0.5) is 10.1 Å². The Morgan fingerprint density at radius 2 is 2.00 bits per heavy atom. The second-order valence-corrected chi connectivity index (χ2v) is 5.41. The van der Waals surface area contributed by atoms with Gasteiger partial charge in [-0.25, -0.2) is 4.39 Å². The first-order valence-corrected chi connectivity index (χ1v) is 6.43. The maximum absolute atomic E-state index is 13.0. The molecule has 1 fully saturated rings. The van der Waals surface area contributed by atoms with Crippen molar-refractivity contribution in [3.05, 3.63) is 40.3 Å². The van der Waals surface area contributed by atoms with Crippen LogP contribution in [-0.2, 0) is 9.47 Å². The normalized spacial score (nSPS) is 18.6. The van der Waals surface area contributed by atoms with E-state index in [0.29, 0.717) is 17.7 Å². The van der Waals surface area contributed by atoms with E-state index in [1.165, 1.54) is 6.07 Å². The van der Waals surface area contributed by atoms with Gasteiger partial charge in [-0.15, -0.1) is 0 Å². The number of nitrogens with one attached hydrogen (secondary N) is 1. The lowest BCUT2D eigenvalue weighted by molar-refractivity contribution is -0.225. The maximum atomic E-state index is 13.0. The topological polar surface area (TPSA) is 30.5 Å². The van der Waals surface area contributed by atoms with Gasteiger partial charge >= 0.3 is 0 Å². The zero-order valence-corrected chi connectivity index (χ0v) is 11.9. The van der Waals surface area contributed by atoms with Crippen molar-refractivity contribution in [3.63, 3.8) is 0 Å². The van der Waals surface area contributed by atoms with Gasteiger partial charge in [-0.3, -0.25) is 0 Å². The van der Waals surface area contributed by atoms with Gasteiger partial charge in [-0.05, 0) is 53.5 Å². The minimum Gasteiger partial charge on any atom is -0.362 e. The van der Waals surface area contributed by atoms with E-state index >= 15 is 0 Å². The lowest BCUT2D eigenvalue weighted by atomic mass is 10.2. The maximum Gasteiger partial charge on any atom is 0.163 e. The first-order valence-electron chi connectivity index (χ1n) is 5.64. The van der Waals surface area contributed by atoms with E-state index in [1.807, 2.05) is 20.0 Å². The molecule has 0 atom stereocenters. The van der Waals surface area contributed by atoms with Crippen molar-refractivity contribution in [3.8, 4) is 0 Å². The first kappa shape index (κ1) is 13.5. The number of halogens is 2. The fourth-order valence-electron chi connectivity index (χ4n) is 1.47. The van der Waals surface area contributed by atoms with E-state index in [2.05, 4.69) is 21.2 Å². The first-order chi connectivity index (χ1) is 8.46. The Hall–Kier alpha value is -0.910. The molecule has 0 radical (unpaired) electrons. The number of rotatable bonds is 2. The summed E-state index contributed by atoms with van der Waals surface area (Å²) in [4.78, 5) is 0. The number of benzene rings is 1. The molecule has 0 aromatic heterocycles. The summed E-state index contributed by atoms with van der Waals surface area (Å²) < 4.78 is 24.5.